The van der Waals surface area contributed by atoms with Gasteiger partial charge < -0.3 is 15.4 Å². The first-order chi connectivity index (χ1) is 13.8. The van der Waals surface area contributed by atoms with E-state index in [1.807, 2.05) is 32.0 Å². The van der Waals surface area contributed by atoms with Crippen LogP contribution in [0.3, 0.4) is 0 Å². The number of guanidine groups is 1. The average Bonchev–Trinajstić information content (AvgIpc) is 2.69. The van der Waals surface area contributed by atoms with Crippen molar-refractivity contribution in [3.63, 3.8) is 0 Å². The van der Waals surface area contributed by atoms with Gasteiger partial charge in [-0.15, -0.1) is 0 Å². The van der Waals surface area contributed by atoms with E-state index in [-0.39, 0.29) is 4.90 Å². The average molecular weight is 419 g/mol. The molecule has 0 amide bonds. The third kappa shape index (κ3) is 7.40. The molecule has 7 nitrogen and oxygen atoms in total. The molecule has 0 saturated carbocycles. The van der Waals surface area contributed by atoms with E-state index >= 15 is 0 Å². The lowest BCUT2D eigenvalue weighted by molar-refractivity contribution is 0.313. The van der Waals surface area contributed by atoms with Gasteiger partial charge in [-0.1, -0.05) is 31.2 Å². The number of sulfonamides is 1. The Morgan fingerprint density at radius 1 is 1.14 bits per heavy atom. The number of hydrogen-bond acceptors (Lipinski definition) is 4. The second-order valence-electron chi connectivity index (χ2n) is 6.70. The Morgan fingerprint density at radius 3 is 2.62 bits per heavy atom. The lowest BCUT2D eigenvalue weighted by atomic mass is 10.1. The standard InChI is InChI=1S/C21H30N4O3S/c1-4-11-28-20-12-16(3)9-10-18(20)15-25-21(23-5-2)24-14-17-7-6-8-19(13-17)29(22,26)27/h6-10,12-13H,4-5,11,14-15H2,1-3H3,(H2,22,26,27)(H2,23,24,25). The second-order valence-corrected chi connectivity index (χ2v) is 8.26. The van der Waals surface area contributed by atoms with E-state index < -0.39 is 10.0 Å². The Morgan fingerprint density at radius 2 is 1.93 bits per heavy atom. The molecule has 0 aliphatic rings. The van der Waals surface area contributed by atoms with Crippen LogP contribution in [0.25, 0.3) is 0 Å². The van der Waals surface area contributed by atoms with Gasteiger partial charge in [0.15, 0.2) is 5.96 Å². The molecule has 0 heterocycles. The van der Waals surface area contributed by atoms with Crippen LogP contribution in [0.5, 0.6) is 5.75 Å². The largest absolute Gasteiger partial charge is 0.493 e. The number of benzene rings is 2. The van der Waals surface area contributed by atoms with Gasteiger partial charge in [0.05, 0.1) is 18.0 Å². The molecule has 2 aromatic rings. The van der Waals surface area contributed by atoms with Crippen LogP contribution in [-0.4, -0.2) is 27.5 Å². The zero-order chi connectivity index (χ0) is 21.3. The number of hydrogen-bond donors (Lipinski definition) is 3. The highest BCUT2D eigenvalue weighted by atomic mass is 32.2. The molecule has 0 aliphatic carbocycles. The predicted molar refractivity (Wildman–Crippen MR) is 116 cm³/mol. The third-order valence-corrected chi connectivity index (χ3v) is 5.03. The fourth-order valence-corrected chi connectivity index (χ4v) is 3.25. The van der Waals surface area contributed by atoms with Gasteiger partial charge in [0.25, 0.3) is 0 Å². The van der Waals surface area contributed by atoms with Crippen molar-refractivity contribution in [1.82, 2.24) is 10.6 Å². The Labute approximate surface area is 173 Å². The molecule has 0 spiro atoms. The lowest BCUT2D eigenvalue weighted by Crippen LogP contribution is -2.36. The molecule has 2 rings (SSSR count). The van der Waals surface area contributed by atoms with Crippen molar-refractivity contribution in [2.24, 2.45) is 10.1 Å². The maximum Gasteiger partial charge on any atom is 0.238 e. The van der Waals surface area contributed by atoms with E-state index in [1.165, 1.54) is 6.07 Å². The van der Waals surface area contributed by atoms with Crippen LogP contribution in [0.4, 0.5) is 0 Å². The summed E-state index contributed by atoms with van der Waals surface area (Å²) in [5, 5.41) is 11.7. The van der Waals surface area contributed by atoms with Gasteiger partial charge in [-0.3, -0.25) is 0 Å². The summed E-state index contributed by atoms with van der Waals surface area (Å²) in [6, 6.07) is 12.6. The number of primary sulfonamides is 1. The van der Waals surface area contributed by atoms with Crippen LogP contribution in [0.15, 0.2) is 52.4 Å². The molecular formula is C21H30N4O3S. The van der Waals surface area contributed by atoms with Crippen molar-refractivity contribution < 1.29 is 13.2 Å². The quantitative estimate of drug-likeness (QED) is 0.429. The monoisotopic (exact) mass is 418 g/mol. The highest BCUT2D eigenvalue weighted by molar-refractivity contribution is 7.89. The zero-order valence-electron chi connectivity index (χ0n) is 17.2. The normalized spacial score (nSPS) is 11.9. The van der Waals surface area contributed by atoms with Gasteiger partial charge in [0, 0.05) is 18.7 Å². The maximum atomic E-state index is 11.5. The Hall–Kier alpha value is -2.58. The van der Waals surface area contributed by atoms with Gasteiger partial charge in [0.1, 0.15) is 5.75 Å². The highest BCUT2D eigenvalue weighted by Crippen LogP contribution is 2.20. The molecule has 8 heteroatoms. The minimum absolute atomic E-state index is 0.0838. The molecule has 2 aromatic carbocycles. The minimum Gasteiger partial charge on any atom is -0.493 e. The van der Waals surface area contributed by atoms with E-state index in [0.717, 1.165) is 28.9 Å². The van der Waals surface area contributed by atoms with Crippen molar-refractivity contribution in [3.8, 4) is 5.75 Å². The molecule has 0 aromatic heterocycles. The molecule has 4 N–H and O–H groups in total. The van der Waals surface area contributed by atoms with Crippen LogP contribution < -0.4 is 20.5 Å². The summed E-state index contributed by atoms with van der Waals surface area (Å²) in [6.45, 7) is 8.36. The van der Waals surface area contributed by atoms with Crippen molar-refractivity contribution in [3.05, 3.63) is 59.2 Å². The maximum absolute atomic E-state index is 11.5. The van der Waals surface area contributed by atoms with E-state index in [9.17, 15) is 8.42 Å². The SMILES string of the molecule is CCCOc1cc(C)ccc1CNC(=NCc1cccc(S(N)(=O)=O)c1)NCC. The summed E-state index contributed by atoms with van der Waals surface area (Å²) in [6.07, 6.45) is 0.947. The van der Waals surface area contributed by atoms with E-state index in [0.29, 0.717) is 32.2 Å². The first-order valence-corrected chi connectivity index (χ1v) is 11.2. The molecule has 0 radical (unpaired) electrons. The molecule has 0 atom stereocenters. The van der Waals surface area contributed by atoms with Crippen LogP contribution in [0.2, 0.25) is 0 Å². The van der Waals surface area contributed by atoms with Gasteiger partial charge in [-0.05, 0) is 49.6 Å². The third-order valence-electron chi connectivity index (χ3n) is 4.12. The zero-order valence-corrected chi connectivity index (χ0v) is 18.1. The Kier molecular flexibility index (Phi) is 8.48. The molecule has 0 unspecified atom stereocenters. The number of ether oxygens (including phenoxy) is 1. The lowest BCUT2D eigenvalue weighted by Gasteiger charge is -2.15. The second kappa shape index (κ2) is 10.8. The molecule has 158 valence electrons. The number of nitrogens with one attached hydrogen (secondary N) is 2. The molecule has 29 heavy (non-hydrogen) atoms. The number of aliphatic imine (C=N–C) groups is 1. The summed E-state index contributed by atoms with van der Waals surface area (Å²) in [7, 11) is -3.73. The molecule has 0 bridgehead atoms. The van der Waals surface area contributed by atoms with Crippen LogP contribution in [0.1, 0.15) is 37.0 Å². The molecule has 0 aliphatic heterocycles. The van der Waals surface area contributed by atoms with E-state index in [4.69, 9.17) is 9.88 Å². The topological polar surface area (TPSA) is 106 Å². The Balaban J connectivity index is 2.11. The van der Waals surface area contributed by atoms with Gasteiger partial charge in [0.2, 0.25) is 10.0 Å². The summed E-state index contributed by atoms with van der Waals surface area (Å²) < 4.78 is 28.9. The number of aryl methyl sites for hydroxylation is 1. The first-order valence-electron chi connectivity index (χ1n) is 9.69. The van der Waals surface area contributed by atoms with E-state index in [1.54, 1.807) is 12.1 Å². The Bertz CT molecular complexity index is 943. The highest BCUT2D eigenvalue weighted by Gasteiger charge is 2.09. The minimum atomic E-state index is -3.73. The van der Waals surface area contributed by atoms with Crippen LogP contribution in [-0.2, 0) is 23.1 Å². The summed E-state index contributed by atoms with van der Waals surface area (Å²) in [5.74, 6) is 1.51. The first kappa shape index (κ1) is 22.7. The van der Waals surface area contributed by atoms with E-state index in [2.05, 4.69) is 28.6 Å². The molecule has 0 saturated heterocycles. The van der Waals surface area contributed by atoms with Gasteiger partial charge in [-0.2, -0.15) is 0 Å². The fraction of sp³-hybridized carbons (Fsp3) is 0.381. The molecular weight excluding hydrogens is 388 g/mol. The summed E-state index contributed by atoms with van der Waals surface area (Å²) in [4.78, 5) is 4.63. The summed E-state index contributed by atoms with van der Waals surface area (Å²) in [5.41, 5.74) is 2.96. The number of rotatable bonds is 9. The van der Waals surface area contributed by atoms with Crippen LogP contribution in [0, 0.1) is 6.92 Å². The van der Waals surface area contributed by atoms with Gasteiger partial charge in [-0.25, -0.2) is 18.5 Å². The number of nitrogens with two attached hydrogens (primary N) is 1. The van der Waals surface area contributed by atoms with Gasteiger partial charge >= 0.3 is 0 Å². The summed E-state index contributed by atoms with van der Waals surface area (Å²) >= 11 is 0. The fourth-order valence-electron chi connectivity index (χ4n) is 2.67. The predicted octanol–water partition coefficient (Wildman–Crippen LogP) is 2.69. The molecule has 0 fully saturated rings. The van der Waals surface area contributed by atoms with Crippen molar-refractivity contribution in [2.75, 3.05) is 13.2 Å². The smallest absolute Gasteiger partial charge is 0.238 e. The van der Waals surface area contributed by atoms with Crippen molar-refractivity contribution in [2.45, 2.75) is 45.2 Å². The number of nitrogens with zero attached hydrogens (tertiary/aromatic N) is 1. The van der Waals surface area contributed by atoms with Crippen LogP contribution >= 0.6 is 0 Å². The van der Waals surface area contributed by atoms with Crippen molar-refractivity contribution in [1.29, 1.82) is 0 Å². The van der Waals surface area contributed by atoms with Crippen molar-refractivity contribution >= 4 is 16.0 Å².